The second kappa shape index (κ2) is 11.7. The number of nitrogens with one attached hydrogen (secondary N) is 1. The molecule has 0 radical (unpaired) electrons. The van der Waals surface area contributed by atoms with Gasteiger partial charge in [0.25, 0.3) is 0 Å². The van der Waals surface area contributed by atoms with Gasteiger partial charge in [0.05, 0.1) is 23.7 Å². The van der Waals surface area contributed by atoms with Crippen molar-refractivity contribution in [2.24, 2.45) is 0 Å². The minimum Gasteiger partial charge on any atom is -0.481 e. The molecule has 3 aromatic carbocycles. The van der Waals surface area contributed by atoms with Crippen LogP contribution in [-0.4, -0.2) is 27.2 Å². The lowest BCUT2D eigenvalue weighted by Crippen LogP contribution is -2.31. The molecule has 5 aromatic rings. The highest BCUT2D eigenvalue weighted by atomic mass is 16.5. The fourth-order valence-corrected chi connectivity index (χ4v) is 5.67. The van der Waals surface area contributed by atoms with Crippen LogP contribution >= 0.6 is 0 Å². The number of carbonyl (C=O) groups excluding carboxylic acids is 1. The summed E-state index contributed by atoms with van der Waals surface area (Å²) in [6.45, 7) is 7.46. The SMILES string of the molecule is Cc1ccc(C(NC(=O)Cc2ccc3oc(C(O)(CCC(=O)O)c4c(C)noc4C)cc3c2)c2ccccc2)c(C)c1. The van der Waals surface area contributed by atoms with Crippen molar-refractivity contribution in [1.82, 2.24) is 10.5 Å². The number of hydrogen-bond donors (Lipinski definition) is 3. The van der Waals surface area contributed by atoms with E-state index in [9.17, 15) is 19.8 Å². The molecule has 0 fully saturated rings. The third-order valence-electron chi connectivity index (χ3n) is 7.68. The zero-order chi connectivity index (χ0) is 30.0. The number of aliphatic hydroxyl groups is 1. The Hall–Kier alpha value is -4.69. The fourth-order valence-electron chi connectivity index (χ4n) is 5.67. The highest BCUT2D eigenvalue weighted by Crippen LogP contribution is 2.40. The first-order chi connectivity index (χ1) is 20.0. The summed E-state index contributed by atoms with van der Waals surface area (Å²) in [5.41, 5.74) is 4.66. The molecule has 5 rings (SSSR count). The van der Waals surface area contributed by atoms with E-state index in [4.69, 9.17) is 8.94 Å². The van der Waals surface area contributed by atoms with Crippen LogP contribution in [-0.2, 0) is 21.6 Å². The molecular formula is C34H34N2O6. The number of aliphatic carboxylic acids is 1. The summed E-state index contributed by atoms with van der Waals surface area (Å²) in [5.74, 6) is -0.608. The lowest BCUT2D eigenvalue weighted by atomic mass is 9.85. The number of rotatable bonds is 10. The van der Waals surface area contributed by atoms with E-state index in [-0.39, 0.29) is 37.0 Å². The number of furan rings is 1. The summed E-state index contributed by atoms with van der Waals surface area (Å²) >= 11 is 0. The molecule has 0 saturated heterocycles. The molecule has 1 amide bonds. The van der Waals surface area contributed by atoms with E-state index in [0.717, 1.165) is 27.8 Å². The number of nitrogens with zero attached hydrogens (tertiary/aromatic N) is 1. The maximum atomic E-state index is 13.4. The largest absolute Gasteiger partial charge is 0.481 e. The van der Waals surface area contributed by atoms with Crippen molar-refractivity contribution in [3.05, 3.63) is 123 Å². The molecule has 216 valence electrons. The molecule has 0 bridgehead atoms. The maximum absolute atomic E-state index is 13.4. The van der Waals surface area contributed by atoms with Gasteiger partial charge >= 0.3 is 5.97 Å². The second-order valence-electron chi connectivity index (χ2n) is 10.9. The van der Waals surface area contributed by atoms with E-state index >= 15 is 0 Å². The Morgan fingerprint density at radius 3 is 2.40 bits per heavy atom. The number of hydrogen-bond acceptors (Lipinski definition) is 6. The monoisotopic (exact) mass is 566 g/mol. The molecule has 0 aliphatic carbocycles. The minimum atomic E-state index is -1.75. The van der Waals surface area contributed by atoms with Gasteiger partial charge in [-0.3, -0.25) is 9.59 Å². The first-order valence-electron chi connectivity index (χ1n) is 13.9. The van der Waals surface area contributed by atoms with E-state index in [1.165, 1.54) is 0 Å². The molecule has 42 heavy (non-hydrogen) atoms. The molecule has 0 spiro atoms. The third-order valence-corrected chi connectivity index (χ3v) is 7.68. The highest BCUT2D eigenvalue weighted by molar-refractivity contribution is 5.83. The Morgan fingerprint density at radius 1 is 0.976 bits per heavy atom. The number of amides is 1. The van der Waals surface area contributed by atoms with Gasteiger partial charge in [-0.25, -0.2) is 0 Å². The number of fused-ring (bicyclic) bond motifs is 1. The first-order valence-corrected chi connectivity index (χ1v) is 13.9. The zero-order valence-corrected chi connectivity index (χ0v) is 24.1. The van der Waals surface area contributed by atoms with Gasteiger partial charge in [0.1, 0.15) is 17.1 Å². The number of carboxylic acid groups (broad SMARTS) is 1. The van der Waals surface area contributed by atoms with Gasteiger partial charge in [-0.05, 0) is 74.6 Å². The van der Waals surface area contributed by atoms with Crippen LogP contribution in [0.15, 0.2) is 81.7 Å². The summed E-state index contributed by atoms with van der Waals surface area (Å²) in [4.78, 5) is 24.8. The normalized spacial score (nSPS) is 13.5. The molecule has 8 heteroatoms. The topological polar surface area (TPSA) is 126 Å². The predicted octanol–water partition coefficient (Wildman–Crippen LogP) is 6.20. The summed E-state index contributed by atoms with van der Waals surface area (Å²) in [5, 5.41) is 29.0. The van der Waals surface area contributed by atoms with Crippen molar-refractivity contribution < 1.29 is 28.7 Å². The number of aromatic nitrogens is 1. The van der Waals surface area contributed by atoms with Gasteiger partial charge in [-0.15, -0.1) is 0 Å². The minimum absolute atomic E-state index is 0.125. The highest BCUT2D eigenvalue weighted by Gasteiger charge is 2.40. The summed E-state index contributed by atoms with van der Waals surface area (Å²) in [6.07, 6.45) is -0.274. The second-order valence-corrected chi connectivity index (χ2v) is 10.9. The van der Waals surface area contributed by atoms with Crippen LogP contribution in [0.4, 0.5) is 0 Å². The zero-order valence-electron chi connectivity index (χ0n) is 24.1. The Kier molecular flexibility index (Phi) is 8.00. The molecule has 2 atom stereocenters. The van der Waals surface area contributed by atoms with Crippen LogP contribution < -0.4 is 5.32 Å². The van der Waals surface area contributed by atoms with Crippen LogP contribution in [0, 0.1) is 27.7 Å². The van der Waals surface area contributed by atoms with Gasteiger partial charge in [0.2, 0.25) is 5.91 Å². The molecular weight excluding hydrogens is 532 g/mol. The molecule has 0 saturated carbocycles. The summed E-state index contributed by atoms with van der Waals surface area (Å²) in [7, 11) is 0. The Bertz CT molecular complexity index is 1730. The number of carboxylic acids is 1. The summed E-state index contributed by atoms with van der Waals surface area (Å²) in [6, 6.07) is 22.9. The van der Waals surface area contributed by atoms with Crippen molar-refractivity contribution in [2.75, 3.05) is 0 Å². The van der Waals surface area contributed by atoms with E-state index in [0.29, 0.717) is 28.0 Å². The number of carbonyl (C=O) groups is 2. The van der Waals surface area contributed by atoms with Crippen LogP contribution in [0.1, 0.15) is 69.5 Å². The number of benzene rings is 3. The van der Waals surface area contributed by atoms with Gasteiger partial charge in [-0.2, -0.15) is 0 Å². The Balaban J connectivity index is 1.43. The average molecular weight is 567 g/mol. The van der Waals surface area contributed by atoms with Crippen molar-refractivity contribution >= 4 is 22.8 Å². The van der Waals surface area contributed by atoms with Crippen LogP contribution in [0.5, 0.6) is 0 Å². The van der Waals surface area contributed by atoms with Gasteiger partial charge in [-0.1, -0.05) is 65.3 Å². The fraction of sp³-hybridized carbons (Fsp3) is 0.265. The van der Waals surface area contributed by atoms with Gasteiger partial charge < -0.3 is 24.5 Å². The number of aryl methyl sites for hydroxylation is 4. The Labute approximate surface area is 244 Å². The maximum Gasteiger partial charge on any atom is 0.303 e. The van der Waals surface area contributed by atoms with E-state index in [1.807, 2.05) is 49.4 Å². The van der Waals surface area contributed by atoms with Crippen LogP contribution in [0.3, 0.4) is 0 Å². The van der Waals surface area contributed by atoms with Crippen molar-refractivity contribution in [1.29, 1.82) is 0 Å². The van der Waals surface area contributed by atoms with Crippen LogP contribution in [0.2, 0.25) is 0 Å². The van der Waals surface area contributed by atoms with E-state index in [2.05, 4.69) is 35.6 Å². The Morgan fingerprint density at radius 2 is 1.74 bits per heavy atom. The quantitative estimate of drug-likeness (QED) is 0.184. The molecule has 2 heterocycles. The molecule has 0 aliphatic heterocycles. The molecule has 8 nitrogen and oxygen atoms in total. The predicted molar refractivity (Wildman–Crippen MR) is 158 cm³/mol. The van der Waals surface area contributed by atoms with Crippen molar-refractivity contribution in [3.8, 4) is 0 Å². The average Bonchev–Trinajstić information content (AvgIpc) is 3.54. The van der Waals surface area contributed by atoms with Crippen molar-refractivity contribution in [3.63, 3.8) is 0 Å². The molecule has 2 unspecified atom stereocenters. The van der Waals surface area contributed by atoms with E-state index < -0.39 is 11.6 Å². The molecule has 2 aromatic heterocycles. The van der Waals surface area contributed by atoms with E-state index in [1.54, 1.807) is 26.0 Å². The molecule has 0 aliphatic rings. The van der Waals surface area contributed by atoms with Gasteiger partial charge in [0.15, 0.2) is 5.60 Å². The summed E-state index contributed by atoms with van der Waals surface area (Å²) < 4.78 is 11.3. The first kappa shape index (κ1) is 28.8. The lowest BCUT2D eigenvalue weighted by molar-refractivity contribution is -0.138. The van der Waals surface area contributed by atoms with Gasteiger partial charge in [0, 0.05) is 11.8 Å². The third kappa shape index (κ3) is 5.85. The molecule has 3 N–H and O–H groups in total. The lowest BCUT2D eigenvalue weighted by Gasteiger charge is -2.25. The smallest absolute Gasteiger partial charge is 0.303 e. The van der Waals surface area contributed by atoms with Crippen molar-refractivity contribution in [2.45, 2.75) is 58.6 Å². The standard InChI is InChI=1S/C34H34N2O6/c1-20-10-12-27(21(2)16-20)33(25-8-6-5-7-9-25)35-30(37)18-24-11-13-28-26(17-24)19-29(41-28)34(40,15-14-31(38)39)32-22(3)36-42-23(32)4/h5-13,16-17,19,33,40H,14-15,18H2,1-4H3,(H,35,37)(H,38,39). The van der Waals surface area contributed by atoms with Crippen LogP contribution in [0.25, 0.3) is 11.0 Å².